The molecular formula is C17H15ClN2O. The number of hydrogen-bond donors (Lipinski definition) is 0. The Morgan fingerprint density at radius 1 is 1.00 bits per heavy atom. The standard InChI is InChI=1S/C17H15ClN2O/c1-10-5-7-15(12(3)8-10)20-16(21)13-9-11(2)4-6-14(13)19-17(20)18/h4-9H,1-3H3. The van der Waals surface area contributed by atoms with Crippen molar-refractivity contribution in [1.29, 1.82) is 0 Å². The monoisotopic (exact) mass is 298 g/mol. The minimum Gasteiger partial charge on any atom is -0.268 e. The van der Waals surface area contributed by atoms with E-state index in [1.807, 2.05) is 57.2 Å². The van der Waals surface area contributed by atoms with E-state index in [-0.39, 0.29) is 10.8 Å². The smallest absolute Gasteiger partial charge is 0.266 e. The minimum atomic E-state index is -0.138. The lowest BCUT2D eigenvalue weighted by molar-refractivity contribution is 0.952. The van der Waals surface area contributed by atoms with Crippen LogP contribution in [-0.2, 0) is 0 Å². The quantitative estimate of drug-likeness (QED) is 0.637. The van der Waals surface area contributed by atoms with Gasteiger partial charge >= 0.3 is 0 Å². The summed E-state index contributed by atoms with van der Waals surface area (Å²) in [5, 5.41) is 0.766. The predicted molar refractivity (Wildman–Crippen MR) is 86.6 cm³/mol. The highest BCUT2D eigenvalue weighted by Gasteiger charge is 2.13. The summed E-state index contributed by atoms with van der Waals surface area (Å²) in [7, 11) is 0. The van der Waals surface area contributed by atoms with Gasteiger partial charge in [0.25, 0.3) is 5.56 Å². The van der Waals surface area contributed by atoms with E-state index in [1.165, 1.54) is 4.57 Å². The second-order valence-corrected chi connectivity index (χ2v) is 5.67. The Labute approximate surface area is 127 Å². The molecule has 3 aromatic rings. The predicted octanol–water partition coefficient (Wildman–Crippen LogP) is 3.96. The Hall–Kier alpha value is -2.13. The largest absolute Gasteiger partial charge is 0.268 e. The molecule has 1 aromatic heterocycles. The summed E-state index contributed by atoms with van der Waals surface area (Å²) in [5.74, 6) is 0. The highest BCUT2D eigenvalue weighted by Crippen LogP contribution is 2.20. The lowest BCUT2D eigenvalue weighted by Gasteiger charge is -2.12. The third-order valence-electron chi connectivity index (χ3n) is 3.58. The van der Waals surface area contributed by atoms with Gasteiger partial charge in [0.2, 0.25) is 5.28 Å². The van der Waals surface area contributed by atoms with Crippen LogP contribution in [0.25, 0.3) is 16.6 Å². The molecule has 0 radical (unpaired) electrons. The zero-order chi connectivity index (χ0) is 15.1. The first-order chi connectivity index (χ1) is 9.97. The third-order valence-corrected chi connectivity index (χ3v) is 3.83. The number of aryl methyl sites for hydroxylation is 3. The molecule has 1 heterocycles. The first-order valence-electron chi connectivity index (χ1n) is 6.74. The maximum Gasteiger partial charge on any atom is 0.266 e. The van der Waals surface area contributed by atoms with Crippen molar-refractivity contribution in [3.8, 4) is 5.69 Å². The van der Waals surface area contributed by atoms with Crippen LogP contribution in [0.1, 0.15) is 16.7 Å². The fourth-order valence-electron chi connectivity index (χ4n) is 2.54. The lowest BCUT2D eigenvalue weighted by Crippen LogP contribution is -2.21. The highest BCUT2D eigenvalue weighted by molar-refractivity contribution is 6.29. The van der Waals surface area contributed by atoms with Gasteiger partial charge in [-0.05, 0) is 56.1 Å². The van der Waals surface area contributed by atoms with Crippen LogP contribution in [0.15, 0.2) is 41.2 Å². The Kier molecular flexibility index (Phi) is 3.30. The summed E-state index contributed by atoms with van der Waals surface area (Å²) < 4.78 is 1.47. The molecule has 106 valence electrons. The topological polar surface area (TPSA) is 34.9 Å². The first-order valence-corrected chi connectivity index (χ1v) is 7.12. The Morgan fingerprint density at radius 3 is 2.38 bits per heavy atom. The normalized spacial score (nSPS) is 11.0. The van der Waals surface area contributed by atoms with Crippen LogP contribution in [0.3, 0.4) is 0 Å². The lowest BCUT2D eigenvalue weighted by atomic mass is 10.1. The van der Waals surface area contributed by atoms with Crippen molar-refractivity contribution in [1.82, 2.24) is 9.55 Å². The summed E-state index contributed by atoms with van der Waals surface area (Å²) >= 11 is 6.25. The van der Waals surface area contributed by atoms with E-state index >= 15 is 0 Å². The van der Waals surface area contributed by atoms with Gasteiger partial charge in [0.1, 0.15) is 0 Å². The average molecular weight is 299 g/mol. The van der Waals surface area contributed by atoms with Crippen LogP contribution < -0.4 is 5.56 Å². The first kappa shape index (κ1) is 13.8. The molecule has 0 spiro atoms. The number of benzene rings is 2. The molecule has 0 aliphatic rings. The zero-order valence-corrected chi connectivity index (χ0v) is 12.9. The summed E-state index contributed by atoms with van der Waals surface area (Å²) in [5.41, 5.74) is 4.41. The van der Waals surface area contributed by atoms with Crippen molar-refractivity contribution in [2.75, 3.05) is 0 Å². The SMILES string of the molecule is Cc1ccc(-n2c(Cl)nc3ccc(C)cc3c2=O)c(C)c1. The molecule has 3 rings (SSSR count). The van der Waals surface area contributed by atoms with Crippen molar-refractivity contribution in [3.63, 3.8) is 0 Å². The van der Waals surface area contributed by atoms with Crippen molar-refractivity contribution in [2.45, 2.75) is 20.8 Å². The van der Waals surface area contributed by atoms with Crippen LogP contribution in [-0.4, -0.2) is 9.55 Å². The number of hydrogen-bond acceptors (Lipinski definition) is 2. The van der Waals surface area contributed by atoms with Gasteiger partial charge in [-0.15, -0.1) is 0 Å². The Balaban J connectivity index is 2.40. The van der Waals surface area contributed by atoms with Crippen LogP contribution in [0.5, 0.6) is 0 Å². The Morgan fingerprint density at radius 2 is 1.67 bits per heavy atom. The van der Waals surface area contributed by atoms with Gasteiger partial charge in [0, 0.05) is 0 Å². The number of rotatable bonds is 1. The van der Waals surface area contributed by atoms with Gasteiger partial charge in [-0.2, -0.15) is 0 Å². The molecule has 0 atom stereocenters. The summed E-state index contributed by atoms with van der Waals surface area (Å²) in [4.78, 5) is 17.1. The third kappa shape index (κ3) is 2.34. The molecule has 0 saturated heterocycles. The van der Waals surface area contributed by atoms with E-state index in [0.717, 1.165) is 22.4 Å². The second-order valence-electron chi connectivity index (χ2n) is 5.33. The van der Waals surface area contributed by atoms with Crippen LogP contribution in [0.4, 0.5) is 0 Å². The van der Waals surface area contributed by atoms with E-state index in [1.54, 1.807) is 0 Å². The number of fused-ring (bicyclic) bond motifs is 1. The van der Waals surface area contributed by atoms with Gasteiger partial charge < -0.3 is 0 Å². The molecule has 0 aliphatic carbocycles. The van der Waals surface area contributed by atoms with Crippen molar-refractivity contribution >= 4 is 22.5 Å². The molecule has 0 unspecified atom stereocenters. The number of nitrogens with zero attached hydrogens (tertiary/aromatic N) is 2. The maximum absolute atomic E-state index is 12.8. The molecule has 0 bridgehead atoms. The Bertz CT molecular complexity index is 913. The van der Waals surface area contributed by atoms with E-state index in [9.17, 15) is 4.79 Å². The maximum atomic E-state index is 12.8. The fraction of sp³-hybridized carbons (Fsp3) is 0.176. The molecule has 3 nitrogen and oxygen atoms in total. The van der Waals surface area contributed by atoms with E-state index in [0.29, 0.717) is 10.9 Å². The molecule has 0 saturated carbocycles. The van der Waals surface area contributed by atoms with Crippen LogP contribution in [0, 0.1) is 20.8 Å². The van der Waals surface area contributed by atoms with Crippen LogP contribution in [0.2, 0.25) is 5.28 Å². The average Bonchev–Trinajstić information content (AvgIpc) is 2.42. The fourth-order valence-corrected chi connectivity index (χ4v) is 2.80. The van der Waals surface area contributed by atoms with Crippen molar-refractivity contribution in [3.05, 3.63) is 68.7 Å². The molecule has 0 aliphatic heterocycles. The summed E-state index contributed by atoms with van der Waals surface area (Å²) in [6.07, 6.45) is 0. The molecule has 2 aromatic carbocycles. The number of aromatic nitrogens is 2. The second kappa shape index (κ2) is 5.01. The van der Waals surface area contributed by atoms with Gasteiger partial charge in [0.05, 0.1) is 16.6 Å². The molecule has 0 fully saturated rings. The molecule has 0 N–H and O–H groups in total. The van der Waals surface area contributed by atoms with Gasteiger partial charge in [-0.1, -0.05) is 29.3 Å². The van der Waals surface area contributed by atoms with Crippen molar-refractivity contribution < 1.29 is 0 Å². The van der Waals surface area contributed by atoms with Gasteiger partial charge in [-0.3, -0.25) is 9.36 Å². The highest BCUT2D eigenvalue weighted by atomic mass is 35.5. The molecule has 0 amide bonds. The summed E-state index contributed by atoms with van der Waals surface area (Å²) in [6.45, 7) is 5.93. The minimum absolute atomic E-state index is 0.138. The molecular weight excluding hydrogens is 284 g/mol. The van der Waals surface area contributed by atoms with E-state index in [4.69, 9.17) is 11.6 Å². The van der Waals surface area contributed by atoms with Crippen LogP contribution >= 0.6 is 11.6 Å². The van der Waals surface area contributed by atoms with Gasteiger partial charge in [-0.25, -0.2) is 4.98 Å². The van der Waals surface area contributed by atoms with E-state index in [2.05, 4.69) is 4.98 Å². The zero-order valence-electron chi connectivity index (χ0n) is 12.1. The summed E-state index contributed by atoms with van der Waals surface area (Å²) in [6, 6.07) is 11.5. The molecule has 4 heteroatoms. The molecule has 21 heavy (non-hydrogen) atoms. The number of halogens is 1. The van der Waals surface area contributed by atoms with E-state index < -0.39 is 0 Å². The van der Waals surface area contributed by atoms with Crippen molar-refractivity contribution in [2.24, 2.45) is 0 Å². The van der Waals surface area contributed by atoms with Gasteiger partial charge in [0.15, 0.2) is 0 Å².